The van der Waals surface area contributed by atoms with Gasteiger partial charge in [0, 0.05) is 26.4 Å². The number of piperidine rings is 1. The maximum Gasteiger partial charge on any atom is 0.244 e. The molecular weight excluding hydrogens is 324 g/mol. The first-order chi connectivity index (χ1) is 10.4. The number of nitrogens with zero attached hydrogens (tertiary/aromatic N) is 2. The number of halogens is 1. The third-order valence-corrected chi connectivity index (χ3v) is 7.32. The number of sulfonamides is 1. The van der Waals surface area contributed by atoms with E-state index < -0.39 is 10.0 Å². The van der Waals surface area contributed by atoms with Crippen LogP contribution in [0.5, 0.6) is 0 Å². The number of aryl methyl sites for hydroxylation is 1. The Hall–Kier alpha value is -0.690. The van der Waals surface area contributed by atoms with E-state index in [1.807, 2.05) is 0 Å². The molecule has 0 radical (unpaired) electrons. The molecule has 2 heterocycles. The van der Waals surface area contributed by atoms with E-state index in [0.29, 0.717) is 35.3 Å². The molecule has 1 spiro atoms. The summed E-state index contributed by atoms with van der Waals surface area (Å²) < 4.78 is 32.5. The largest absolute Gasteiger partial charge is 0.381 e. The van der Waals surface area contributed by atoms with Crippen molar-refractivity contribution in [2.24, 2.45) is 5.41 Å². The van der Waals surface area contributed by atoms with E-state index in [9.17, 15) is 8.42 Å². The zero-order valence-corrected chi connectivity index (χ0v) is 14.5. The van der Waals surface area contributed by atoms with Crippen molar-refractivity contribution in [2.75, 3.05) is 20.2 Å². The number of ether oxygens (including phenoxy) is 1. The van der Waals surface area contributed by atoms with Crippen molar-refractivity contribution >= 4 is 21.6 Å². The maximum absolute atomic E-state index is 12.8. The number of hydrogen-bond donors (Lipinski definition) is 0. The van der Waals surface area contributed by atoms with E-state index in [-0.39, 0.29) is 4.90 Å². The van der Waals surface area contributed by atoms with Crippen LogP contribution in [-0.4, -0.2) is 44.0 Å². The van der Waals surface area contributed by atoms with Crippen LogP contribution in [0.3, 0.4) is 0 Å². The molecule has 122 valence electrons. The van der Waals surface area contributed by atoms with Gasteiger partial charge in [-0.15, -0.1) is 0 Å². The molecule has 0 unspecified atom stereocenters. The molecule has 1 aliphatic carbocycles. The van der Waals surface area contributed by atoms with Crippen LogP contribution in [-0.2, 0) is 14.8 Å². The van der Waals surface area contributed by atoms with Crippen molar-refractivity contribution in [3.05, 3.63) is 23.0 Å². The van der Waals surface area contributed by atoms with E-state index in [1.54, 1.807) is 24.4 Å². The maximum atomic E-state index is 12.8. The lowest BCUT2D eigenvalue weighted by Gasteiger charge is -2.51. The standard InChI is InChI=1S/C15H21ClN2O3S/c1-11-7-14(16)17-10-13(11)22(19,20)18-5-3-15(4-6-18)8-12(9-15)21-2/h7,10,12H,3-6,8-9H2,1-2H3. The number of methoxy groups -OCH3 is 1. The highest BCUT2D eigenvalue weighted by molar-refractivity contribution is 7.89. The molecule has 0 atom stereocenters. The third-order valence-electron chi connectivity index (χ3n) is 5.08. The first kappa shape index (κ1) is 16.2. The normalized spacial score (nSPS) is 22.7. The topological polar surface area (TPSA) is 59.5 Å². The lowest BCUT2D eigenvalue weighted by molar-refractivity contribution is -0.0804. The monoisotopic (exact) mass is 344 g/mol. The molecule has 1 aromatic rings. The predicted molar refractivity (Wildman–Crippen MR) is 84.4 cm³/mol. The first-order valence-electron chi connectivity index (χ1n) is 7.51. The Kier molecular flexibility index (Phi) is 4.22. The summed E-state index contributed by atoms with van der Waals surface area (Å²) in [6.07, 6.45) is 5.64. The summed E-state index contributed by atoms with van der Waals surface area (Å²) in [4.78, 5) is 4.18. The highest BCUT2D eigenvalue weighted by Crippen LogP contribution is 2.50. The van der Waals surface area contributed by atoms with Crippen molar-refractivity contribution in [2.45, 2.75) is 43.6 Å². The van der Waals surface area contributed by atoms with E-state index in [0.717, 1.165) is 25.7 Å². The summed E-state index contributed by atoms with van der Waals surface area (Å²) in [5.74, 6) is 0. The summed E-state index contributed by atoms with van der Waals surface area (Å²) in [5, 5.41) is 0.314. The van der Waals surface area contributed by atoms with Gasteiger partial charge in [0.05, 0.1) is 6.10 Å². The zero-order valence-electron chi connectivity index (χ0n) is 12.9. The number of pyridine rings is 1. The van der Waals surface area contributed by atoms with Crippen LogP contribution in [0.15, 0.2) is 17.2 Å². The third kappa shape index (κ3) is 2.77. The van der Waals surface area contributed by atoms with Crippen molar-refractivity contribution in [1.29, 1.82) is 0 Å². The van der Waals surface area contributed by atoms with Gasteiger partial charge in [0.25, 0.3) is 0 Å². The second-order valence-electron chi connectivity index (χ2n) is 6.44. The fourth-order valence-electron chi connectivity index (χ4n) is 3.60. The highest BCUT2D eigenvalue weighted by Gasteiger charge is 2.47. The molecule has 0 bridgehead atoms. The minimum Gasteiger partial charge on any atom is -0.381 e. The summed E-state index contributed by atoms with van der Waals surface area (Å²) in [6, 6.07) is 1.59. The Morgan fingerprint density at radius 2 is 2.00 bits per heavy atom. The molecule has 1 aromatic heterocycles. The number of rotatable bonds is 3. The highest BCUT2D eigenvalue weighted by atomic mass is 35.5. The van der Waals surface area contributed by atoms with Crippen molar-refractivity contribution in [1.82, 2.24) is 9.29 Å². The quantitative estimate of drug-likeness (QED) is 0.791. The molecule has 22 heavy (non-hydrogen) atoms. The smallest absolute Gasteiger partial charge is 0.244 e. The first-order valence-corrected chi connectivity index (χ1v) is 9.33. The molecular formula is C15H21ClN2O3S. The number of aromatic nitrogens is 1. The van der Waals surface area contributed by atoms with E-state index in [1.165, 1.54) is 6.20 Å². The lowest BCUT2D eigenvalue weighted by atomic mass is 9.62. The van der Waals surface area contributed by atoms with Gasteiger partial charge in [-0.3, -0.25) is 0 Å². The fraction of sp³-hybridized carbons (Fsp3) is 0.667. The lowest BCUT2D eigenvalue weighted by Crippen LogP contribution is -2.50. The summed E-state index contributed by atoms with van der Waals surface area (Å²) in [7, 11) is -1.74. The Balaban J connectivity index is 1.72. The van der Waals surface area contributed by atoms with Crippen molar-refractivity contribution in [3.63, 3.8) is 0 Å². The molecule has 0 N–H and O–H groups in total. The van der Waals surface area contributed by atoms with Crippen LogP contribution in [0.25, 0.3) is 0 Å². The van der Waals surface area contributed by atoms with Crippen molar-refractivity contribution in [3.8, 4) is 0 Å². The number of hydrogen-bond acceptors (Lipinski definition) is 4. The summed E-state index contributed by atoms with van der Waals surface area (Å²) in [5.41, 5.74) is 0.934. The zero-order chi connectivity index (χ0) is 16.0. The Labute approximate surface area is 136 Å². The second-order valence-corrected chi connectivity index (χ2v) is 8.74. The molecule has 1 aliphatic heterocycles. The van der Waals surface area contributed by atoms with E-state index in [2.05, 4.69) is 4.98 Å². The fourth-order valence-corrected chi connectivity index (χ4v) is 5.41. The average Bonchev–Trinajstić information content (AvgIpc) is 2.44. The van der Waals surface area contributed by atoms with E-state index >= 15 is 0 Å². The second kappa shape index (κ2) is 5.74. The molecule has 2 fully saturated rings. The van der Waals surface area contributed by atoms with Crippen LogP contribution in [0.2, 0.25) is 5.15 Å². The minimum atomic E-state index is -3.48. The van der Waals surface area contributed by atoms with Crippen LogP contribution in [0, 0.1) is 12.3 Å². The molecule has 0 aromatic carbocycles. The average molecular weight is 345 g/mol. The van der Waals surface area contributed by atoms with Gasteiger partial charge in [-0.2, -0.15) is 4.31 Å². The molecule has 7 heteroatoms. The molecule has 5 nitrogen and oxygen atoms in total. The van der Waals surface area contributed by atoms with Gasteiger partial charge in [-0.05, 0) is 49.7 Å². The minimum absolute atomic E-state index is 0.260. The molecule has 3 rings (SSSR count). The van der Waals surface area contributed by atoms with Crippen LogP contribution in [0.4, 0.5) is 0 Å². The Morgan fingerprint density at radius 1 is 1.36 bits per heavy atom. The van der Waals surface area contributed by atoms with Gasteiger partial charge in [-0.25, -0.2) is 13.4 Å². The predicted octanol–water partition coefficient (Wildman–Crippen LogP) is 2.62. The van der Waals surface area contributed by atoms with Gasteiger partial charge in [-0.1, -0.05) is 11.6 Å². The summed E-state index contributed by atoms with van der Waals surface area (Å²) in [6.45, 7) is 2.89. The molecule has 0 amide bonds. The Bertz CT molecular complexity index is 661. The van der Waals surface area contributed by atoms with E-state index in [4.69, 9.17) is 16.3 Å². The SMILES string of the molecule is COC1CC2(CCN(S(=O)(=O)c3cnc(Cl)cc3C)CC2)C1. The van der Waals surface area contributed by atoms with Gasteiger partial charge in [0.2, 0.25) is 10.0 Å². The van der Waals surface area contributed by atoms with Gasteiger partial charge >= 0.3 is 0 Å². The summed E-state index contributed by atoms with van der Waals surface area (Å²) >= 11 is 5.81. The van der Waals surface area contributed by atoms with Gasteiger partial charge in [0.1, 0.15) is 10.0 Å². The molecule has 1 saturated heterocycles. The van der Waals surface area contributed by atoms with Crippen LogP contribution < -0.4 is 0 Å². The van der Waals surface area contributed by atoms with Crippen LogP contribution >= 0.6 is 11.6 Å². The van der Waals surface area contributed by atoms with Gasteiger partial charge in [0.15, 0.2) is 0 Å². The van der Waals surface area contributed by atoms with Gasteiger partial charge < -0.3 is 4.74 Å². The van der Waals surface area contributed by atoms with Crippen LogP contribution in [0.1, 0.15) is 31.2 Å². The Morgan fingerprint density at radius 3 is 2.55 bits per heavy atom. The molecule has 2 aliphatic rings. The van der Waals surface area contributed by atoms with Crippen molar-refractivity contribution < 1.29 is 13.2 Å². The molecule has 1 saturated carbocycles.